The quantitative estimate of drug-likeness (QED) is 0.707. The van der Waals surface area contributed by atoms with Gasteiger partial charge in [-0.2, -0.15) is 0 Å². The van der Waals surface area contributed by atoms with Crippen molar-refractivity contribution in [3.63, 3.8) is 0 Å². The molecule has 0 heterocycles. The van der Waals surface area contributed by atoms with Crippen LogP contribution in [0.2, 0.25) is 0 Å². The van der Waals surface area contributed by atoms with E-state index in [1.54, 1.807) is 24.3 Å². The summed E-state index contributed by atoms with van der Waals surface area (Å²) in [6.45, 7) is 2.16. The van der Waals surface area contributed by atoms with Crippen molar-refractivity contribution in [3.8, 4) is 0 Å². The molecule has 0 saturated heterocycles. The lowest BCUT2D eigenvalue weighted by atomic mass is 9.73. The zero-order valence-corrected chi connectivity index (χ0v) is 17.6. The third-order valence-corrected chi connectivity index (χ3v) is 8.98. The van der Waals surface area contributed by atoms with Crippen molar-refractivity contribution in [2.24, 2.45) is 0 Å². The lowest BCUT2D eigenvalue weighted by molar-refractivity contribution is 0.0516. The van der Waals surface area contributed by atoms with Gasteiger partial charge in [-0.3, -0.25) is 4.79 Å². The van der Waals surface area contributed by atoms with Crippen molar-refractivity contribution in [2.45, 2.75) is 73.6 Å². The molecule has 0 spiro atoms. The first-order valence-electron chi connectivity index (χ1n) is 10.7. The predicted molar refractivity (Wildman–Crippen MR) is 113 cm³/mol. The van der Waals surface area contributed by atoms with Crippen molar-refractivity contribution in [3.05, 3.63) is 65.2 Å². The fourth-order valence-corrected chi connectivity index (χ4v) is 6.26. The van der Waals surface area contributed by atoms with Crippen molar-refractivity contribution >= 4 is 15.7 Å². The fourth-order valence-electron chi connectivity index (χ4n) is 4.60. The second-order valence-electron chi connectivity index (χ2n) is 8.89. The maximum absolute atomic E-state index is 13.3. The van der Waals surface area contributed by atoms with E-state index in [0.717, 1.165) is 38.5 Å². The lowest BCUT2D eigenvalue weighted by Gasteiger charge is -2.44. The fraction of sp³-hybridized carbons (Fsp3) is 0.458. The molecule has 4 nitrogen and oxygen atoms in total. The molecule has 2 aromatic rings. The number of carbonyl (C=O) groups excluding carboxylic acids is 1. The first kappa shape index (κ1) is 18.9. The maximum atomic E-state index is 13.3. The number of rotatable bonds is 6. The van der Waals surface area contributed by atoms with Gasteiger partial charge in [0.2, 0.25) is 0 Å². The molecule has 0 atom stereocenters. The summed E-state index contributed by atoms with van der Waals surface area (Å²) in [5.41, 5.74) is 3.33. The van der Waals surface area contributed by atoms with Gasteiger partial charge in [-0.05, 0) is 86.8 Å². The molecule has 1 amide bonds. The highest BCUT2D eigenvalue weighted by Gasteiger charge is 2.44. The zero-order chi connectivity index (χ0) is 20.2. The largest absolute Gasteiger partial charge is 0.333 e. The molecule has 0 radical (unpaired) electrons. The van der Waals surface area contributed by atoms with Gasteiger partial charge in [0.25, 0.3) is 5.91 Å². The molecule has 0 aliphatic heterocycles. The third-order valence-electron chi connectivity index (χ3n) is 6.70. The van der Waals surface area contributed by atoms with Gasteiger partial charge < -0.3 is 4.90 Å². The normalized spacial score (nSPS) is 24.0. The molecular formula is C24H27NO3S. The number of nitrogens with zero attached hydrogens (tertiary/aromatic N) is 1. The maximum Gasteiger partial charge on any atom is 0.254 e. The minimum atomic E-state index is -3.21. The first-order valence-corrected chi connectivity index (χ1v) is 12.2. The summed E-state index contributed by atoms with van der Waals surface area (Å²) >= 11 is 0. The monoisotopic (exact) mass is 409 g/mol. The molecule has 3 aliphatic carbocycles. The molecule has 2 aromatic carbocycles. The summed E-state index contributed by atoms with van der Waals surface area (Å²) < 4.78 is 24.8. The minimum absolute atomic E-state index is 0.0519. The number of carbonyl (C=O) groups is 1. The molecular weight excluding hydrogens is 382 g/mol. The Morgan fingerprint density at radius 2 is 1.55 bits per heavy atom. The Bertz CT molecular complexity index is 1030. The Balaban J connectivity index is 1.31. The molecule has 0 aromatic heterocycles. The van der Waals surface area contributed by atoms with E-state index in [1.165, 1.54) is 11.1 Å². The number of hydrogen-bond donors (Lipinski definition) is 0. The Labute approximate surface area is 172 Å². The lowest BCUT2D eigenvalue weighted by Crippen LogP contribution is -2.48. The smallest absolute Gasteiger partial charge is 0.254 e. The Hall–Kier alpha value is -2.14. The van der Waals surface area contributed by atoms with Crippen LogP contribution in [-0.4, -0.2) is 36.6 Å². The van der Waals surface area contributed by atoms with Gasteiger partial charge in [-0.15, -0.1) is 0 Å². The molecule has 0 bridgehead atoms. The van der Waals surface area contributed by atoms with Crippen LogP contribution >= 0.6 is 0 Å². The van der Waals surface area contributed by atoms with Crippen molar-refractivity contribution in [2.75, 3.05) is 0 Å². The highest BCUT2D eigenvalue weighted by molar-refractivity contribution is 7.92. The third kappa shape index (κ3) is 3.50. The van der Waals surface area contributed by atoms with Crippen LogP contribution in [-0.2, 0) is 9.84 Å². The van der Waals surface area contributed by atoms with E-state index in [0.29, 0.717) is 22.4 Å². The van der Waals surface area contributed by atoms with Crippen LogP contribution in [0, 0.1) is 6.92 Å². The molecule has 5 rings (SSSR count). The summed E-state index contributed by atoms with van der Waals surface area (Å²) in [5.74, 6) is 0.581. The Morgan fingerprint density at radius 1 is 0.897 bits per heavy atom. The van der Waals surface area contributed by atoms with Gasteiger partial charge in [-0.25, -0.2) is 8.42 Å². The average molecular weight is 410 g/mol. The summed E-state index contributed by atoms with van der Waals surface area (Å²) in [4.78, 5) is 15.7. The summed E-state index contributed by atoms with van der Waals surface area (Å²) in [6, 6.07) is 15.8. The molecule has 152 valence electrons. The highest BCUT2D eigenvalue weighted by Crippen LogP contribution is 2.45. The van der Waals surface area contributed by atoms with E-state index in [1.807, 2.05) is 0 Å². The molecule has 3 aliphatic rings. The van der Waals surface area contributed by atoms with Crippen LogP contribution in [0.25, 0.3) is 0 Å². The van der Waals surface area contributed by atoms with Gasteiger partial charge in [0.1, 0.15) is 0 Å². The van der Waals surface area contributed by atoms with E-state index < -0.39 is 9.84 Å². The predicted octanol–water partition coefficient (Wildman–Crippen LogP) is 4.48. The molecule has 0 unspecified atom stereocenters. The van der Waals surface area contributed by atoms with E-state index in [4.69, 9.17) is 0 Å². The Kier molecular flexibility index (Phi) is 4.54. The summed E-state index contributed by atoms with van der Waals surface area (Å²) in [5, 5.41) is -0.222. The second kappa shape index (κ2) is 6.98. The zero-order valence-electron chi connectivity index (χ0n) is 16.8. The number of sulfone groups is 1. The number of hydrogen-bond acceptors (Lipinski definition) is 3. The van der Waals surface area contributed by atoms with E-state index in [-0.39, 0.29) is 17.2 Å². The van der Waals surface area contributed by atoms with E-state index >= 15 is 0 Å². The molecule has 3 fully saturated rings. The van der Waals surface area contributed by atoms with E-state index in [2.05, 4.69) is 36.1 Å². The Morgan fingerprint density at radius 3 is 2.14 bits per heavy atom. The van der Waals surface area contributed by atoms with Crippen LogP contribution in [0.4, 0.5) is 0 Å². The summed E-state index contributed by atoms with van der Waals surface area (Å²) in [6.07, 6.45) is 5.68. The van der Waals surface area contributed by atoms with Crippen LogP contribution in [0.1, 0.15) is 65.9 Å². The van der Waals surface area contributed by atoms with Gasteiger partial charge in [-0.1, -0.05) is 24.3 Å². The highest BCUT2D eigenvalue weighted by atomic mass is 32.2. The molecule has 3 saturated carbocycles. The topological polar surface area (TPSA) is 54.5 Å². The number of benzene rings is 2. The van der Waals surface area contributed by atoms with Gasteiger partial charge in [0.05, 0.1) is 10.1 Å². The van der Waals surface area contributed by atoms with Crippen LogP contribution in [0.5, 0.6) is 0 Å². The standard InChI is InChI=1S/C24H27NO3S/c1-16-4-2-3-5-23(16)18-14-20(15-18)25(19-8-9-19)24(26)17-6-10-21(11-7-17)29(27,28)22-12-13-22/h2-7,10-11,18-20,22H,8-9,12-15H2,1H3. The van der Waals surface area contributed by atoms with Gasteiger partial charge in [0.15, 0.2) is 9.84 Å². The summed E-state index contributed by atoms with van der Waals surface area (Å²) in [7, 11) is -3.21. The van der Waals surface area contributed by atoms with Crippen LogP contribution in [0.3, 0.4) is 0 Å². The number of aryl methyl sites for hydroxylation is 1. The SMILES string of the molecule is Cc1ccccc1C1CC(N(C(=O)c2ccc(S(=O)(=O)C3CC3)cc2)C2CC2)C1. The second-order valence-corrected chi connectivity index (χ2v) is 11.1. The van der Waals surface area contributed by atoms with Crippen molar-refractivity contribution in [1.29, 1.82) is 0 Å². The van der Waals surface area contributed by atoms with Gasteiger partial charge >= 0.3 is 0 Å². The van der Waals surface area contributed by atoms with E-state index in [9.17, 15) is 13.2 Å². The van der Waals surface area contributed by atoms with Crippen molar-refractivity contribution < 1.29 is 13.2 Å². The van der Waals surface area contributed by atoms with Crippen LogP contribution in [0.15, 0.2) is 53.4 Å². The average Bonchev–Trinajstić information content (AvgIpc) is 3.56. The molecule has 29 heavy (non-hydrogen) atoms. The van der Waals surface area contributed by atoms with Crippen molar-refractivity contribution in [1.82, 2.24) is 4.90 Å². The number of amides is 1. The minimum Gasteiger partial charge on any atom is -0.333 e. The molecule has 0 N–H and O–H groups in total. The first-order chi connectivity index (χ1) is 13.9. The van der Waals surface area contributed by atoms with Gasteiger partial charge in [0, 0.05) is 17.6 Å². The van der Waals surface area contributed by atoms with Crippen LogP contribution < -0.4 is 0 Å². The molecule has 5 heteroatoms.